The van der Waals surface area contributed by atoms with Crippen LogP contribution < -0.4 is 0 Å². The largest absolute Gasteiger partial charge is 0.392 e. The fourth-order valence-corrected chi connectivity index (χ4v) is 1.94. The average molecular weight is 238 g/mol. The maximum atomic E-state index is 10.8. The minimum absolute atomic E-state index is 0.180. The molecule has 1 unspecified atom stereocenters. The highest BCUT2D eigenvalue weighted by Crippen LogP contribution is 2.01. The molecule has 0 saturated carbocycles. The molecule has 15 heavy (non-hydrogen) atoms. The highest BCUT2D eigenvalue weighted by molar-refractivity contribution is 7.90. The van der Waals surface area contributed by atoms with E-state index in [1.807, 2.05) is 0 Å². The van der Waals surface area contributed by atoms with E-state index in [-0.39, 0.29) is 5.75 Å². The molecule has 0 rings (SSSR count). The van der Waals surface area contributed by atoms with E-state index in [2.05, 4.69) is 13.8 Å². The molecular formula is C10H22O4S. The zero-order chi connectivity index (χ0) is 11.9. The van der Waals surface area contributed by atoms with Gasteiger partial charge in [-0.3, -0.25) is 0 Å². The Hall–Kier alpha value is -0.130. The quantitative estimate of drug-likeness (QED) is 0.637. The third-order valence-electron chi connectivity index (χ3n) is 1.93. The Bertz CT molecular complexity index is 246. The lowest BCUT2D eigenvalue weighted by Crippen LogP contribution is -2.21. The van der Waals surface area contributed by atoms with Crippen molar-refractivity contribution in [3.63, 3.8) is 0 Å². The normalized spacial score (nSPS) is 14.5. The topological polar surface area (TPSA) is 63.6 Å². The fourth-order valence-electron chi connectivity index (χ4n) is 1.07. The first-order valence-electron chi connectivity index (χ1n) is 5.25. The first-order chi connectivity index (χ1) is 6.81. The average Bonchev–Trinajstić information content (AvgIpc) is 1.99. The van der Waals surface area contributed by atoms with Crippen LogP contribution >= 0.6 is 0 Å². The first-order valence-corrected chi connectivity index (χ1v) is 7.31. The highest BCUT2D eigenvalue weighted by atomic mass is 32.2. The van der Waals surface area contributed by atoms with Gasteiger partial charge in [0.15, 0.2) is 0 Å². The Kier molecular flexibility index (Phi) is 7.13. The van der Waals surface area contributed by atoms with Crippen LogP contribution in [0.2, 0.25) is 0 Å². The molecule has 0 fully saturated rings. The lowest BCUT2D eigenvalue weighted by atomic mass is 10.1. The minimum atomic E-state index is -3.09. The second-order valence-corrected chi connectivity index (χ2v) is 6.51. The summed E-state index contributed by atoms with van der Waals surface area (Å²) in [5, 5.41) is 9.33. The van der Waals surface area contributed by atoms with Crippen molar-refractivity contribution >= 4 is 9.84 Å². The molecule has 0 saturated heterocycles. The summed E-state index contributed by atoms with van der Waals surface area (Å²) in [6.07, 6.45) is 1.68. The van der Waals surface area contributed by atoms with Gasteiger partial charge in [-0.05, 0) is 18.8 Å². The standard InChI is InChI=1S/C10H22O4S/c1-9(2)4-6-14-7-5-10(11)8-15(3,12)13/h9-11H,4-8H2,1-3H3. The highest BCUT2D eigenvalue weighted by Gasteiger charge is 2.11. The summed E-state index contributed by atoms with van der Waals surface area (Å²) in [6.45, 7) is 5.32. The predicted octanol–water partition coefficient (Wildman–Crippen LogP) is 0.845. The Morgan fingerprint density at radius 2 is 1.73 bits per heavy atom. The predicted molar refractivity (Wildman–Crippen MR) is 60.6 cm³/mol. The summed E-state index contributed by atoms with van der Waals surface area (Å²) in [6, 6.07) is 0. The number of hydrogen-bond donors (Lipinski definition) is 1. The number of ether oxygens (including phenoxy) is 1. The van der Waals surface area contributed by atoms with Crippen molar-refractivity contribution in [1.82, 2.24) is 0 Å². The van der Waals surface area contributed by atoms with E-state index in [0.717, 1.165) is 12.7 Å². The van der Waals surface area contributed by atoms with E-state index in [9.17, 15) is 13.5 Å². The molecule has 0 aliphatic rings. The first kappa shape index (κ1) is 14.9. The second-order valence-electron chi connectivity index (χ2n) is 4.33. The lowest BCUT2D eigenvalue weighted by Gasteiger charge is -2.10. The molecule has 5 heteroatoms. The van der Waals surface area contributed by atoms with Crippen LogP contribution in [-0.2, 0) is 14.6 Å². The van der Waals surface area contributed by atoms with Crippen LogP contribution in [-0.4, -0.2) is 44.9 Å². The van der Waals surface area contributed by atoms with Crippen molar-refractivity contribution in [2.75, 3.05) is 25.2 Å². The van der Waals surface area contributed by atoms with Crippen molar-refractivity contribution in [3.8, 4) is 0 Å². The zero-order valence-electron chi connectivity index (χ0n) is 9.77. The summed E-state index contributed by atoms with van der Waals surface area (Å²) in [7, 11) is -3.09. The number of rotatable bonds is 8. The molecule has 1 atom stereocenters. The van der Waals surface area contributed by atoms with Crippen LogP contribution in [0.25, 0.3) is 0 Å². The van der Waals surface area contributed by atoms with Gasteiger partial charge < -0.3 is 9.84 Å². The molecule has 0 aromatic carbocycles. The molecule has 0 spiro atoms. The monoisotopic (exact) mass is 238 g/mol. The SMILES string of the molecule is CC(C)CCOCCC(O)CS(C)(=O)=O. The number of hydrogen-bond acceptors (Lipinski definition) is 4. The third-order valence-corrected chi connectivity index (χ3v) is 2.92. The molecule has 0 aromatic heterocycles. The van der Waals surface area contributed by atoms with Gasteiger partial charge in [0.25, 0.3) is 0 Å². The number of aliphatic hydroxyl groups excluding tert-OH is 1. The van der Waals surface area contributed by atoms with Gasteiger partial charge in [-0.25, -0.2) is 8.42 Å². The van der Waals surface area contributed by atoms with Gasteiger partial charge >= 0.3 is 0 Å². The van der Waals surface area contributed by atoms with Crippen molar-refractivity contribution in [2.24, 2.45) is 5.92 Å². The zero-order valence-corrected chi connectivity index (χ0v) is 10.6. The summed E-state index contributed by atoms with van der Waals surface area (Å²) in [5.41, 5.74) is 0. The van der Waals surface area contributed by atoms with Crippen LogP contribution in [0, 0.1) is 5.92 Å². The fraction of sp³-hybridized carbons (Fsp3) is 1.00. The van der Waals surface area contributed by atoms with E-state index in [1.54, 1.807) is 0 Å². The van der Waals surface area contributed by atoms with Crippen LogP contribution in [0.4, 0.5) is 0 Å². The second kappa shape index (κ2) is 7.19. The van der Waals surface area contributed by atoms with Gasteiger partial charge in [0.1, 0.15) is 9.84 Å². The van der Waals surface area contributed by atoms with Gasteiger partial charge in [-0.2, -0.15) is 0 Å². The Morgan fingerprint density at radius 3 is 2.20 bits per heavy atom. The van der Waals surface area contributed by atoms with Crippen LogP contribution in [0.3, 0.4) is 0 Å². The Morgan fingerprint density at radius 1 is 1.20 bits per heavy atom. The molecule has 92 valence electrons. The van der Waals surface area contributed by atoms with Crippen molar-refractivity contribution in [3.05, 3.63) is 0 Å². The third kappa shape index (κ3) is 11.8. The lowest BCUT2D eigenvalue weighted by molar-refractivity contribution is 0.0845. The summed E-state index contributed by atoms with van der Waals surface area (Å²) < 4.78 is 26.9. The van der Waals surface area contributed by atoms with Gasteiger partial charge in [0.2, 0.25) is 0 Å². The van der Waals surface area contributed by atoms with Gasteiger partial charge in [-0.1, -0.05) is 13.8 Å². The summed E-state index contributed by atoms with van der Waals surface area (Å²) >= 11 is 0. The Labute approximate surface area is 92.6 Å². The van der Waals surface area contributed by atoms with Crippen molar-refractivity contribution in [1.29, 1.82) is 0 Å². The van der Waals surface area contributed by atoms with Crippen molar-refractivity contribution in [2.45, 2.75) is 32.8 Å². The molecular weight excluding hydrogens is 216 g/mol. The molecule has 4 nitrogen and oxygen atoms in total. The number of sulfone groups is 1. The minimum Gasteiger partial charge on any atom is -0.392 e. The van der Waals surface area contributed by atoms with Gasteiger partial charge in [0.05, 0.1) is 11.9 Å². The smallest absolute Gasteiger partial charge is 0.149 e. The molecule has 0 aromatic rings. The van der Waals surface area contributed by atoms with E-state index in [1.165, 1.54) is 0 Å². The molecule has 0 radical (unpaired) electrons. The molecule has 0 aliphatic heterocycles. The van der Waals surface area contributed by atoms with E-state index in [4.69, 9.17) is 4.74 Å². The van der Waals surface area contributed by atoms with Crippen LogP contribution in [0.15, 0.2) is 0 Å². The van der Waals surface area contributed by atoms with Crippen LogP contribution in [0.5, 0.6) is 0 Å². The van der Waals surface area contributed by atoms with Gasteiger partial charge in [-0.15, -0.1) is 0 Å². The van der Waals surface area contributed by atoms with Crippen LogP contribution in [0.1, 0.15) is 26.7 Å². The molecule has 0 amide bonds. The molecule has 0 aliphatic carbocycles. The Balaban J connectivity index is 3.44. The molecule has 0 bridgehead atoms. The van der Waals surface area contributed by atoms with E-state index in [0.29, 0.717) is 25.6 Å². The van der Waals surface area contributed by atoms with E-state index >= 15 is 0 Å². The molecule has 0 heterocycles. The maximum Gasteiger partial charge on any atom is 0.149 e. The summed E-state index contributed by atoms with van der Waals surface area (Å²) in [4.78, 5) is 0. The molecule has 1 N–H and O–H groups in total. The van der Waals surface area contributed by atoms with Gasteiger partial charge in [0, 0.05) is 19.5 Å². The van der Waals surface area contributed by atoms with E-state index < -0.39 is 15.9 Å². The van der Waals surface area contributed by atoms with Crippen molar-refractivity contribution < 1.29 is 18.3 Å². The number of aliphatic hydroxyl groups is 1. The summed E-state index contributed by atoms with van der Waals surface area (Å²) in [5.74, 6) is 0.423. The maximum absolute atomic E-state index is 10.8.